The maximum atomic E-state index is 12.7. The summed E-state index contributed by atoms with van der Waals surface area (Å²) in [5.41, 5.74) is 0.197. The Morgan fingerprint density at radius 1 is 1.06 bits per heavy atom. The molecule has 0 saturated carbocycles. The van der Waals surface area contributed by atoms with E-state index < -0.39 is 31.9 Å². The van der Waals surface area contributed by atoms with Crippen LogP contribution < -0.4 is 16.2 Å². The van der Waals surface area contributed by atoms with Crippen molar-refractivity contribution in [2.75, 3.05) is 24.7 Å². The molecular formula is C22H22N4O6S. The molecule has 2 aromatic carbocycles. The Bertz CT molecular complexity index is 1340. The Kier molecular flexibility index (Phi) is 7.23. The second-order valence-corrected chi connectivity index (χ2v) is 9.25. The zero-order chi connectivity index (χ0) is 24.0. The van der Waals surface area contributed by atoms with Crippen LogP contribution in [0, 0.1) is 10.1 Å². The topological polar surface area (TPSA) is 140 Å². The van der Waals surface area contributed by atoms with E-state index in [1.807, 2.05) is 30.3 Å². The third-order valence-corrected chi connectivity index (χ3v) is 5.89. The zero-order valence-electron chi connectivity index (χ0n) is 17.7. The first-order chi connectivity index (χ1) is 15.7. The summed E-state index contributed by atoms with van der Waals surface area (Å²) in [7, 11) is -3.59. The van der Waals surface area contributed by atoms with E-state index in [0.29, 0.717) is 6.54 Å². The van der Waals surface area contributed by atoms with Crippen LogP contribution in [0.1, 0.15) is 15.9 Å². The van der Waals surface area contributed by atoms with Crippen LogP contribution in [0.15, 0.2) is 76.6 Å². The molecule has 0 saturated heterocycles. The highest BCUT2D eigenvalue weighted by molar-refractivity contribution is 7.90. The Hall–Kier alpha value is -3.99. The smallest absolute Gasteiger partial charge is 0.293 e. The number of pyridine rings is 1. The average Bonchev–Trinajstić information content (AvgIpc) is 2.78. The van der Waals surface area contributed by atoms with Crippen LogP contribution in [0.3, 0.4) is 0 Å². The van der Waals surface area contributed by atoms with Crippen molar-refractivity contribution < 1.29 is 18.1 Å². The van der Waals surface area contributed by atoms with Crippen molar-refractivity contribution in [3.63, 3.8) is 0 Å². The van der Waals surface area contributed by atoms with Crippen LogP contribution in [-0.4, -0.2) is 43.2 Å². The van der Waals surface area contributed by atoms with Crippen LogP contribution in [-0.2, 0) is 16.4 Å². The zero-order valence-corrected chi connectivity index (χ0v) is 18.5. The standard InChI is InChI=1S/C22H22N4O6S/c1-33(31,32)17-9-10-19(20(14-17)26(29)30)23-11-12-24-21(27)18-8-5-13-25(22(18)28)15-16-6-3-2-4-7-16/h2-10,13-14,23H,11-12,15H2,1H3,(H,24,27). The van der Waals surface area contributed by atoms with Crippen LogP contribution >= 0.6 is 0 Å². The van der Waals surface area contributed by atoms with Crippen molar-refractivity contribution in [2.45, 2.75) is 11.4 Å². The molecule has 3 aromatic rings. The Morgan fingerprint density at radius 3 is 2.45 bits per heavy atom. The molecule has 0 radical (unpaired) electrons. The summed E-state index contributed by atoms with van der Waals surface area (Å²) in [4.78, 5) is 35.6. The number of benzene rings is 2. The average molecular weight is 471 g/mol. The van der Waals surface area contributed by atoms with Gasteiger partial charge in [0.25, 0.3) is 17.2 Å². The quantitative estimate of drug-likeness (QED) is 0.277. The van der Waals surface area contributed by atoms with Gasteiger partial charge in [-0.3, -0.25) is 19.7 Å². The van der Waals surface area contributed by atoms with E-state index in [4.69, 9.17) is 0 Å². The lowest BCUT2D eigenvalue weighted by Crippen LogP contribution is -2.35. The maximum Gasteiger partial charge on any atom is 0.293 e. The lowest BCUT2D eigenvalue weighted by atomic mass is 10.2. The minimum absolute atomic E-state index is 0.0167. The number of hydrogen-bond acceptors (Lipinski definition) is 7. The van der Waals surface area contributed by atoms with Gasteiger partial charge in [0.1, 0.15) is 11.3 Å². The first-order valence-electron chi connectivity index (χ1n) is 9.91. The second-order valence-electron chi connectivity index (χ2n) is 7.23. The minimum atomic E-state index is -3.59. The van der Waals surface area contributed by atoms with Crippen molar-refractivity contribution in [1.29, 1.82) is 0 Å². The molecule has 172 valence electrons. The molecule has 11 heteroatoms. The molecule has 0 fully saturated rings. The summed E-state index contributed by atoms with van der Waals surface area (Å²) in [6.07, 6.45) is 2.57. The number of sulfone groups is 1. The van der Waals surface area contributed by atoms with Crippen LogP contribution in [0.25, 0.3) is 0 Å². The molecule has 0 unspecified atom stereocenters. The highest BCUT2D eigenvalue weighted by Gasteiger charge is 2.18. The Labute approximate surface area is 190 Å². The molecular weight excluding hydrogens is 448 g/mol. The summed E-state index contributed by atoms with van der Waals surface area (Å²) in [5.74, 6) is -0.564. The van der Waals surface area contributed by atoms with Crippen molar-refractivity contribution in [3.8, 4) is 0 Å². The first kappa shape index (κ1) is 23.7. The summed E-state index contributed by atoms with van der Waals surface area (Å²) in [5, 5.41) is 16.7. The van der Waals surface area contributed by atoms with Gasteiger partial charge in [0.05, 0.1) is 16.4 Å². The highest BCUT2D eigenvalue weighted by Crippen LogP contribution is 2.27. The molecule has 1 heterocycles. The molecule has 33 heavy (non-hydrogen) atoms. The van der Waals surface area contributed by atoms with Crippen molar-refractivity contribution >= 4 is 27.1 Å². The van der Waals surface area contributed by atoms with Gasteiger partial charge < -0.3 is 15.2 Å². The SMILES string of the molecule is CS(=O)(=O)c1ccc(NCCNC(=O)c2cccn(Cc3ccccc3)c2=O)c([N+](=O)[O-])c1. The van der Waals surface area contributed by atoms with Crippen molar-refractivity contribution in [3.05, 3.63) is 98.5 Å². The molecule has 2 N–H and O–H groups in total. The number of nitrogens with zero attached hydrogens (tertiary/aromatic N) is 2. The summed E-state index contributed by atoms with van der Waals surface area (Å²) >= 11 is 0. The lowest BCUT2D eigenvalue weighted by molar-refractivity contribution is -0.384. The highest BCUT2D eigenvalue weighted by atomic mass is 32.2. The molecule has 0 aliphatic rings. The molecule has 3 rings (SSSR count). The van der Waals surface area contributed by atoms with Gasteiger partial charge in [0.2, 0.25) is 0 Å². The van der Waals surface area contributed by atoms with E-state index in [9.17, 15) is 28.1 Å². The van der Waals surface area contributed by atoms with Gasteiger partial charge in [-0.15, -0.1) is 0 Å². The van der Waals surface area contributed by atoms with E-state index >= 15 is 0 Å². The molecule has 0 aliphatic carbocycles. The first-order valence-corrected chi connectivity index (χ1v) is 11.8. The summed E-state index contributed by atoms with van der Waals surface area (Å²) < 4.78 is 24.7. The van der Waals surface area contributed by atoms with E-state index in [-0.39, 0.29) is 29.2 Å². The van der Waals surface area contributed by atoms with Crippen LogP contribution in [0.2, 0.25) is 0 Å². The summed E-state index contributed by atoms with van der Waals surface area (Å²) in [6, 6.07) is 16.0. The largest absolute Gasteiger partial charge is 0.378 e. The molecule has 0 bridgehead atoms. The van der Waals surface area contributed by atoms with E-state index in [0.717, 1.165) is 17.9 Å². The van der Waals surface area contributed by atoms with E-state index in [2.05, 4.69) is 10.6 Å². The number of amides is 1. The van der Waals surface area contributed by atoms with Crippen molar-refractivity contribution in [2.24, 2.45) is 0 Å². The predicted octanol–water partition coefficient (Wildman–Crippen LogP) is 2.05. The number of carbonyl (C=O) groups excluding carboxylic acids is 1. The van der Waals surface area contributed by atoms with Gasteiger partial charge in [-0.2, -0.15) is 0 Å². The number of hydrogen-bond donors (Lipinski definition) is 2. The van der Waals surface area contributed by atoms with Crippen molar-refractivity contribution in [1.82, 2.24) is 9.88 Å². The minimum Gasteiger partial charge on any atom is -0.378 e. The van der Waals surface area contributed by atoms with Gasteiger partial charge in [0, 0.05) is 31.6 Å². The van der Waals surface area contributed by atoms with Gasteiger partial charge >= 0.3 is 0 Å². The predicted molar refractivity (Wildman–Crippen MR) is 123 cm³/mol. The second kappa shape index (κ2) is 10.1. The number of carbonyl (C=O) groups is 1. The molecule has 1 aromatic heterocycles. The number of anilines is 1. The third kappa shape index (κ3) is 6.04. The van der Waals surface area contributed by atoms with Crippen LogP contribution in [0.5, 0.6) is 0 Å². The summed E-state index contributed by atoms with van der Waals surface area (Å²) in [6.45, 7) is 0.530. The monoisotopic (exact) mass is 470 g/mol. The van der Waals surface area contributed by atoms with Gasteiger partial charge in [-0.05, 0) is 29.8 Å². The molecule has 0 aliphatic heterocycles. The number of rotatable bonds is 9. The lowest BCUT2D eigenvalue weighted by Gasteiger charge is -2.10. The molecule has 10 nitrogen and oxygen atoms in total. The normalized spacial score (nSPS) is 11.1. The van der Waals surface area contributed by atoms with Gasteiger partial charge in [0.15, 0.2) is 9.84 Å². The number of aromatic nitrogens is 1. The van der Waals surface area contributed by atoms with Gasteiger partial charge in [-0.25, -0.2) is 8.42 Å². The molecule has 1 amide bonds. The molecule has 0 spiro atoms. The van der Waals surface area contributed by atoms with E-state index in [1.54, 1.807) is 12.3 Å². The fraction of sp³-hybridized carbons (Fsp3) is 0.182. The number of nitrogens with one attached hydrogen (secondary N) is 2. The van der Waals surface area contributed by atoms with E-state index in [1.165, 1.54) is 22.8 Å². The molecule has 0 atom stereocenters. The van der Waals surface area contributed by atoms with Crippen LogP contribution in [0.4, 0.5) is 11.4 Å². The fourth-order valence-electron chi connectivity index (χ4n) is 3.13. The maximum absolute atomic E-state index is 12.7. The third-order valence-electron chi connectivity index (χ3n) is 4.78. The number of nitro groups is 1. The number of nitro benzene ring substituents is 1. The van der Waals surface area contributed by atoms with Gasteiger partial charge in [-0.1, -0.05) is 30.3 Å². The fourth-order valence-corrected chi connectivity index (χ4v) is 3.77. The Morgan fingerprint density at radius 2 is 1.79 bits per heavy atom. The Balaban J connectivity index is 1.63.